The van der Waals surface area contributed by atoms with Crippen LogP contribution in [0.3, 0.4) is 0 Å². The van der Waals surface area contributed by atoms with Crippen molar-refractivity contribution in [3.05, 3.63) is 34.4 Å². The van der Waals surface area contributed by atoms with Gasteiger partial charge in [-0.15, -0.1) is 0 Å². The minimum atomic E-state index is -0.519. The summed E-state index contributed by atoms with van der Waals surface area (Å²) in [6, 6.07) is 5.99. The average Bonchev–Trinajstić information content (AvgIpc) is 3.00. The van der Waals surface area contributed by atoms with E-state index in [2.05, 4.69) is 10.1 Å². The van der Waals surface area contributed by atoms with E-state index in [-0.39, 0.29) is 18.1 Å². The lowest BCUT2D eigenvalue weighted by Crippen LogP contribution is -2.42. The number of nitro groups is 1. The molecule has 1 aromatic rings. The molecule has 8 nitrogen and oxygen atoms in total. The van der Waals surface area contributed by atoms with Crippen LogP contribution in [0.25, 0.3) is 0 Å². The maximum absolute atomic E-state index is 12.2. The summed E-state index contributed by atoms with van der Waals surface area (Å²) in [6.07, 6.45) is 1.45. The number of nitro benzene ring substituents is 1. The number of carbonyl (C=O) groups excluding carboxylic acids is 2. The Labute approximate surface area is 137 Å². The lowest BCUT2D eigenvalue weighted by atomic mass is 10.2. The lowest BCUT2D eigenvalue weighted by molar-refractivity contribution is -0.387. The third-order valence-electron chi connectivity index (χ3n) is 3.42. The van der Waals surface area contributed by atoms with E-state index in [1.54, 1.807) is 18.2 Å². The summed E-state index contributed by atoms with van der Waals surface area (Å²) in [4.78, 5) is 34.4. The Balaban J connectivity index is 2.03. The molecule has 1 aromatic carbocycles. The van der Waals surface area contributed by atoms with Gasteiger partial charge in [-0.1, -0.05) is 12.1 Å². The van der Waals surface area contributed by atoms with Crippen LogP contribution in [0.15, 0.2) is 29.2 Å². The minimum absolute atomic E-state index is 0.0121. The average molecular weight is 339 g/mol. The van der Waals surface area contributed by atoms with E-state index in [4.69, 9.17) is 0 Å². The smallest absolute Gasteiger partial charge is 0.325 e. The first kappa shape index (κ1) is 17.2. The van der Waals surface area contributed by atoms with Gasteiger partial charge in [-0.3, -0.25) is 19.7 Å². The quantitative estimate of drug-likeness (QED) is 0.361. The molecule has 1 atom stereocenters. The molecule has 0 aliphatic carbocycles. The fourth-order valence-corrected chi connectivity index (χ4v) is 3.45. The second-order valence-electron chi connectivity index (χ2n) is 4.91. The summed E-state index contributed by atoms with van der Waals surface area (Å²) in [5.74, 6) is -0.798. The summed E-state index contributed by atoms with van der Waals surface area (Å²) in [7, 11) is 1.25. The van der Waals surface area contributed by atoms with Crippen LogP contribution < -0.4 is 5.32 Å². The SMILES string of the molecule is COC(=O)CNC(=O)C1CCCN1Sc1ccccc1[N+](=O)[O-]. The van der Waals surface area contributed by atoms with E-state index in [1.165, 1.54) is 25.1 Å². The van der Waals surface area contributed by atoms with Crippen molar-refractivity contribution < 1.29 is 19.2 Å². The highest BCUT2D eigenvalue weighted by Gasteiger charge is 2.33. The molecule has 9 heteroatoms. The van der Waals surface area contributed by atoms with E-state index in [0.29, 0.717) is 17.9 Å². The molecule has 1 saturated heterocycles. The Hall–Kier alpha value is -2.13. The molecule has 1 aliphatic heterocycles. The fraction of sp³-hybridized carbons (Fsp3) is 0.429. The van der Waals surface area contributed by atoms with Crippen LogP contribution in [0.1, 0.15) is 12.8 Å². The Morgan fingerprint density at radius 3 is 2.91 bits per heavy atom. The first-order valence-electron chi connectivity index (χ1n) is 7.05. The number of hydrogen-bond donors (Lipinski definition) is 1. The van der Waals surface area contributed by atoms with Crippen molar-refractivity contribution in [3.8, 4) is 0 Å². The van der Waals surface area contributed by atoms with Crippen LogP contribution in [0.4, 0.5) is 5.69 Å². The molecule has 0 aromatic heterocycles. The second kappa shape index (κ2) is 7.93. The fourth-order valence-electron chi connectivity index (χ4n) is 2.27. The number of ether oxygens (including phenoxy) is 1. The number of para-hydroxylation sites is 1. The molecule has 0 spiro atoms. The number of methoxy groups -OCH3 is 1. The predicted octanol–water partition coefficient (Wildman–Crippen LogP) is 1.36. The monoisotopic (exact) mass is 339 g/mol. The summed E-state index contributed by atoms with van der Waals surface area (Å²) in [5, 5.41) is 13.6. The molecule has 23 heavy (non-hydrogen) atoms. The molecule has 1 amide bonds. The van der Waals surface area contributed by atoms with Crippen LogP contribution in [-0.2, 0) is 14.3 Å². The van der Waals surface area contributed by atoms with Gasteiger partial charge in [0.2, 0.25) is 5.91 Å². The molecule has 0 bridgehead atoms. The van der Waals surface area contributed by atoms with E-state index >= 15 is 0 Å². The van der Waals surface area contributed by atoms with Crippen molar-refractivity contribution in [2.24, 2.45) is 0 Å². The largest absolute Gasteiger partial charge is 0.468 e. The molecule has 0 radical (unpaired) electrons. The third-order valence-corrected chi connectivity index (χ3v) is 4.63. The van der Waals surface area contributed by atoms with E-state index in [0.717, 1.165) is 6.42 Å². The first-order chi connectivity index (χ1) is 11.0. The molecule has 1 aliphatic rings. The number of carbonyl (C=O) groups is 2. The number of amides is 1. The Kier molecular flexibility index (Phi) is 5.94. The van der Waals surface area contributed by atoms with Crippen molar-refractivity contribution in [3.63, 3.8) is 0 Å². The van der Waals surface area contributed by atoms with Crippen molar-refractivity contribution in [1.82, 2.24) is 9.62 Å². The van der Waals surface area contributed by atoms with Gasteiger partial charge in [0, 0.05) is 12.6 Å². The van der Waals surface area contributed by atoms with Gasteiger partial charge < -0.3 is 10.1 Å². The highest BCUT2D eigenvalue weighted by molar-refractivity contribution is 7.97. The Morgan fingerprint density at radius 2 is 2.22 bits per heavy atom. The number of esters is 1. The van der Waals surface area contributed by atoms with Crippen LogP contribution in [-0.4, -0.2) is 47.3 Å². The molecule has 124 valence electrons. The number of benzene rings is 1. The zero-order valence-electron chi connectivity index (χ0n) is 12.6. The highest BCUT2D eigenvalue weighted by Crippen LogP contribution is 2.35. The van der Waals surface area contributed by atoms with E-state index in [9.17, 15) is 19.7 Å². The van der Waals surface area contributed by atoms with Crippen molar-refractivity contribution in [2.75, 3.05) is 20.2 Å². The predicted molar refractivity (Wildman–Crippen MR) is 83.7 cm³/mol. The Morgan fingerprint density at radius 1 is 1.48 bits per heavy atom. The minimum Gasteiger partial charge on any atom is -0.468 e. The number of nitrogens with zero attached hydrogens (tertiary/aromatic N) is 2. The van der Waals surface area contributed by atoms with E-state index in [1.807, 2.05) is 4.31 Å². The molecular weight excluding hydrogens is 322 g/mol. The van der Waals surface area contributed by atoms with Crippen molar-refractivity contribution in [1.29, 1.82) is 0 Å². The molecule has 1 fully saturated rings. The van der Waals surface area contributed by atoms with Crippen molar-refractivity contribution >= 4 is 29.5 Å². The molecule has 0 saturated carbocycles. The number of hydrogen-bond acceptors (Lipinski definition) is 7. The van der Waals surface area contributed by atoms with E-state index < -0.39 is 16.9 Å². The zero-order chi connectivity index (χ0) is 16.8. The molecular formula is C14H17N3O5S. The summed E-state index contributed by atoms with van der Waals surface area (Å²) >= 11 is 1.20. The summed E-state index contributed by atoms with van der Waals surface area (Å²) in [6.45, 7) is 0.461. The van der Waals surface area contributed by atoms with Gasteiger partial charge in [0.05, 0.1) is 18.1 Å². The van der Waals surface area contributed by atoms with Gasteiger partial charge in [-0.25, -0.2) is 4.31 Å². The van der Waals surface area contributed by atoms with Crippen LogP contribution in [0, 0.1) is 10.1 Å². The zero-order valence-corrected chi connectivity index (χ0v) is 13.4. The summed E-state index contributed by atoms with van der Waals surface area (Å²) < 4.78 is 6.29. The maximum atomic E-state index is 12.2. The third kappa shape index (κ3) is 4.42. The highest BCUT2D eigenvalue weighted by atomic mass is 32.2. The van der Waals surface area contributed by atoms with Gasteiger partial charge in [-0.05, 0) is 30.9 Å². The lowest BCUT2D eigenvalue weighted by Gasteiger charge is -2.22. The number of nitrogens with one attached hydrogen (secondary N) is 1. The van der Waals surface area contributed by atoms with Gasteiger partial charge in [0.15, 0.2) is 0 Å². The summed E-state index contributed by atoms with van der Waals surface area (Å²) in [5.41, 5.74) is 0.0121. The van der Waals surface area contributed by atoms with Gasteiger partial charge in [0.25, 0.3) is 5.69 Å². The topological polar surface area (TPSA) is 102 Å². The normalized spacial score (nSPS) is 17.7. The first-order valence-corrected chi connectivity index (χ1v) is 7.83. The second-order valence-corrected chi connectivity index (χ2v) is 6.00. The van der Waals surface area contributed by atoms with Gasteiger partial charge in [-0.2, -0.15) is 0 Å². The van der Waals surface area contributed by atoms with Crippen LogP contribution >= 0.6 is 11.9 Å². The van der Waals surface area contributed by atoms with Gasteiger partial charge in [0.1, 0.15) is 11.4 Å². The number of rotatable bonds is 6. The molecule has 1 N–H and O–H groups in total. The van der Waals surface area contributed by atoms with Gasteiger partial charge >= 0.3 is 5.97 Å². The molecule has 1 unspecified atom stereocenters. The molecule has 1 heterocycles. The van der Waals surface area contributed by atoms with Crippen LogP contribution in [0.2, 0.25) is 0 Å². The standard InChI is InChI=1S/C14H17N3O5S/c1-22-13(18)9-15-14(19)11-6-4-8-16(11)23-12-7-3-2-5-10(12)17(20)21/h2-3,5,7,11H,4,6,8-9H2,1H3,(H,15,19). The molecule has 2 rings (SSSR count). The maximum Gasteiger partial charge on any atom is 0.325 e. The van der Waals surface area contributed by atoms with Crippen LogP contribution in [0.5, 0.6) is 0 Å². The van der Waals surface area contributed by atoms with Crippen molar-refractivity contribution in [2.45, 2.75) is 23.8 Å². The Bertz CT molecular complexity index is 610.